The van der Waals surface area contributed by atoms with Crippen LogP contribution in [0.3, 0.4) is 0 Å². The topological polar surface area (TPSA) is 36.1 Å². The van der Waals surface area contributed by atoms with Crippen molar-refractivity contribution in [3.05, 3.63) is 30.1 Å². The molecule has 3 rings (SSSR count). The predicted octanol–water partition coefficient (Wildman–Crippen LogP) is 1.07. The Hall–Kier alpha value is -1.09. The highest BCUT2D eigenvalue weighted by Gasteiger charge is 2.50. The van der Waals surface area contributed by atoms with Crippen LogP contribution in [0.5, 0.6) is 0 Å². The summed E-state index contributed by atoms with van der Waals surface area (Å²) in [4.78, 5) is 0. The molecule has 1 saturated carbocycles. The molecule has 0 radical (unpaired) electrons. The number of hydrogen-bond acceptors (Lipinski definition) is 2. The second-order valence-corrected chi connectivity index (χ2v) is 4.88. The molecule has 1 saturated heterocycles. The third-order valence-corrected chi connectivity index (χ3v) is 4.02. The van der Waals surface area contributed by atoms with Gasteiger partial charge in [0.25, 0.3) is 0 Å². The molecule has 80 valence electrons. The van der Waals surface area contributed by atoms with Crippen LogP contribution in [0.25, 0.3) is 0 Å². The van der Waals surface area contributed by atoms with Gasteiger partial charge in [0.15, 0.2) is 0 Å². The van der Waals surface area contributed by atoms with Crippen LogP contribution in [-0.4, -0.2) is 18.3 Å². The number of aromatic nitrogens is 1. The van der Waals surface area contributed by atoms with Crippen LogP contribution in [0.1, 0.15) is 30.7 Å². The van der Waals surface area contributed by atoms with Crippen molar-refractivity contribution < 1.29 is 9.94 Å². The molecule has 2 fully saturated rings. The highest BCUT2D eigenvalue weighted by atomic mass is 16.5. The molecule has 3 heteroatoms. The monoisotopic (exact) mass is 205 g/mol. The minimum Gasteiger partial charge on any atom is -0.316 e. The molecule has 2 heterocycles. The van der Waals surface area contributed by atoms with Crippen molar-refractivity contribution in [2.24, 2.45) is 5.41 Å². The molecule has 0 bridgehead atoms. The molecule has 1 aromatic heterocycles. The van der Waals surface area contributed by atoms with Crippen LogP contribution in [0.4, 0.5) is 0 Å². The van der Waals surface area contributed by atoms with Crippen LogP contribution in [0, 0.1) is 5.41 Å². The Kier molecular flexibility index (Phi) is 1.96. The second-order valence-electron chi connectivity index (χ2n) is 4.88. The first-order chi connectivity index (χ1) is 7.30. The normalized spacial score (nSPS) is 27.9. The van der Waals surface area contributed by atoms with E-state index >= 15 is 0 Å². The zero-order valence-corrected chi connectivity index (χ0v) is 8.82. The fourth-order valence-electron chi connectivity index (χ4n) is 2.87. The number of pyridine rings is 1. The number of nitrogens with zero attached hydrogens (tertiary/aromatic N) is 1. The predicted molar refractivity (Wildman–Crippen MR) is 55.7 cm³/mol. The summed E-state index contributed by atoms with van der Waals surface area (Å²) >= 11 is 0. The van der Waals surface area contributed by atoms with Gasteiger partial charge in [-0.25, -0.2) is 0 Å². The van der Waals surface area contributed by atoms with Crippen molar-refractivity contribution in [3.8, 4) is 0 Å². The molecule has 1 spiro atoms. The standard InChI is InChI=1S/C12H17N2O/c15-14-7-1-10(2-8-14)11-9-13-6-5-12(11)3-4-12/h1-2,7-8,11,13,15H,3-6,9H2/q+1. The van der Waals surface area contributed by atoms with E-state index in [-0.39, 0.29) is 0 Å². The summed E-state index contributed by atoms with van der Waals surface area (Å²) in [5.74, 6) is 0.646. The molecule has 15 heavy (non-hydrogen) atoms. The van der Waals surface area contributed by atoms with Gasteiger partial charge < -0.3 is 5.32 Å². The summed E-state index contributed by atoms with van der Waals surface area (Å²) in [5.41, 5.74) is 1.96. The van der Waals surface area contributed by atoms with Crippen LogP contribution in [0.15, 0.2) is 24.5 Å². The van der Waals surface area contributed by atoms with E-state index in [1.807, 2.05) is 12.1 Å². The molecular formula is C12H17N2O+. The van der Waals surface area contributed by atoms with Gasteiger partial charge in [-0.2, -0.15) is 0 Å². The van der Waals surface area contributed by atoms with E-state index in [4.69, 9.17) is 0 Å². The summed E-state index contributed by atoms with van der Waals surface area (Å²) in [6.07, 6.45) is 7.52. The Morgan fingerprint density at radius 2 is 2.00 bits per heavy atom. The van der Waals surface area contributed by atoms with Gasteiger partial charge in [-0.3, -0.25) is 5.21 Å². The largest absolute Gasteiger partial charge is 0.316 e. The van der Waals surface area contributed by atoms with Gasteiger partial charge in [-0.15, -0.1) is 0 Å². The third kappa shape index (κ3) is 1.51. The molecule has 1 aliphatic carbocycles. The molecule has 2 N–H and O–H groups in total. The van der Waals surface area contributed by atoms with Gasteiger partial charge in [0.05, 0.1) is 0 Å². The lowest BCUT2D eigenvalue weighted by atomic mass is 9.79. The molecule has 1 unspecified atom stereocenters. The lowest BCUT2D eigenvalue weighted by Gasteiger charge is -2.32. The molecular weight excluding hydrogens is 188 g/mol. The van der Waals surface area contributed by atoms with E-state index in [2.05, 4.69) is 5.32 Å². The average Bonchev–Trinajstić information content (AvgIpc) is 3.01. The van der Waals surface area contributed by atoms with E-state index in [1.54, 1.807) is 12.4 Å². The van der Waals surface area contributed by atoms with Crippen molar-refractivity contribution in [2.45, 2.75) is 25.2 Å². The van der Waals surface area contributed by atoms with E-state index in [1.165, 1.54) is 31.4 Å². The van der Waals surface area contributed by atoms with Gasteiger partial charge in [0, 0.05) is 29.3 Å². The van der Waals surface area contributed by atoms with E-state index in [0.29, 0.717) is 11.3 Å². The molecule has 0 amide bonds. The minimum atomic E-state index is 0.590. The lowest BCUT2D eigenvalue weighted by Crippen LogP contribution is -2.37. The van der Waals surface area contributed by atoms with E-state index in [0.717, 1.165) is 11.3 Å². The summed E-state index contributed by atoms with van der Waals surface area (Å²) in [5, 5.41) is 12.7. The lowest BCUT2D eigenvalue weighted by molar-refractivity contribution is -0.904. The Bertz CT molecular complexity index is 356. The van der Waals surface area contributed by atoms with Crippen LogP contribution in [0.2, 0.25) is 0 Å². The zero-order chi connectivity index (χ0) is 10.3. The highest BCUT2D eigenvalue weighted by molar-refractivity contribution is 5.23. The smallest absolute Gasteiger partial charge is 0.222 e. The van der Waals surface area contributed by atoms with Gasteiger partial charge in [0.1, 0.15) is 0 Å². The zero-order valence-electron chi connectivity index (χ0n) is 8.82. The van der Waals surface area contributed by atoms with Crippen molar-refractivity contribution in [1.82, 2.24) is 5.32 Å². The van der Waals surface area contributed by atoms with Gasteiger partial charge >= 0.3 is 0 Å². The first-order valence-electron chi connectivity index (χ1n) is 5.71. The first kappa shape index (κ1) is 9.16. The number of nitrogens with one attached hydrogen (secondary N) is 1. The number of rotatable bonds is 1. The summed E-state index contributed by atoms with van der Waals surface area (Å²) < 4.78 is 1.11. The molecule has 1 aliphatic heterocycles. The van der Waals surface area contributed by atoms with Crippen LogP contribution >= 0.6 is 0 Å². The van der Waals surface area contributed by atoms with Gasteiger partial charge in [0.2, 0.25) is 12.4 Å². The highest BCUT2D eigenvalue weighted by Crippen LogP contribution is 2.59. The minimum absolute atomic E-state index is 0.590. The Balaban J connectivity index is 1.89. The van der Waals surface area contributed by atoms with Crippen molar-refractivity contribution in [3.63, 3.8) is 0 Å². The first-order valence-corrected chi connectivity index (χ1v) is 5.71. The van der Waals surface area contributed by atoms with Crippen molar-refractivity contribution in [1.29, 1.82) is 0 Å². The van der Waals surface area contributed by atoms with Crippen molar-refractivity contribution in [2.75, 3.05) is 13.1 Å². The van der Waals surface area contributed by atoms with E-state index in [9.17, 15) is 5.21 Å². The number of piperidine rings is 1. The van der Waals surface area contributed by atoms with Crippen LogP contribution < -0.4 is 10.0 Å². The summed E-state index contributed by atoms with van der Waals surface area (Å²) in [6.45, 7) is 2.26. The molecule has 1 atom stereocenters. The average molecular weight is 205 g/mol. The number of hydrogen-bond donors (Lipinski definition) is 2. The van der Waals surface area contributed by atoms with E-state index < -0.39 is 0 Å². The quantitative estimate of drug-likeness (QED) is 0.531. The Morgan fingerprint density at radius 3 is 2.67 bits per heavy atom. The van der Waals surface area contributed by atoms with Crippen LogP contribution in [-0.2, 0) is 0 Å². The Labute approximate surface area is 89.7 Å². The fraction of sp³-hybridized carbons (Fsp3) is 0.583. The molecule has 1 aromatic rings. The SMILES string of the molecule is O[n+]1ccc(C2CNCCC23CC3)cc1. The fourth-order valence-corrected chi connectivity index (χ4v) is 2.87. The second kappa shape index (κ2) is 3.20. The Morgan fingerprint density at radius 1 is 1.27 bits per heavy atom. The maximum Gasteiger partial charge on any atom is 0.222 e. The summed E-state index contributed by atoms with van der Waals surface area (Å²) in [7, 11) is 0. The van der Waals surface area contributed by atoms with Crippen molar-refractivity contribution >= 4 is 0 Å². The maximum atomic E-state index is 9.20. The summed E-state index contributed by atoms with van der Waals surface area (Å²) in [6, 6.07) is 4.08. The van der Waals surface area contributed by atoms with Gasteiger partial charge in [-0.05, 0) is 36.8 Å². The molecule has 3 nitrogen and oxygen atoms in total. The third-order valence-electron chi connectivity index (χ3n) is 4.02. The maximum absolute atomic E-state index is 9.20. The van der Waals surface area contributed by atoms with Gasteiger partial charge in [-0.1, -0.05) is 0 Å². The molecule has 2 aliphatic rings. The molecule has 0 aromatic carbocycles.